The Bertz CT molecular complexity index is 815. The summed E-state index contributed by atoms with van der Waals surface area (Å²) >= 11 is 0. The molecule has 0 unspecified atom stereocenters. The van der Waals surface area contributed by atoms with Gasteiger partial charge in [-0.3, -0.25) is 9.71 Å². The van der Waals surface area contributed by atoms with Gasteiger partial charge in [-0.1, -0.05) is 51.0 Å². The van der Waals surface area contributed by atoms with Crippen LogP contribution in [-0.2, 0) is 10.0 Å². The Balaban J connectivity index is 1.76. The van der Waals surface area contributed by atoms with Gasteiger partial charge in [0.25, 0.3) is 10.0 Å². The van der Waals surface area contributed by atoms with Crippen LogP contribution in [0.2, 0.25) is 0 Å². The molecule has 2 heterocycles. The Hall–Kier alpha value is -1.66. The van der Waals surface area contributed by atoms with Gasteiger partial charge < -0.3 is 4.90 Å². The number of hydrogen-bond donors (Lipinski definition) is 1. The highest BCUT2D eigenvalue weighted by Gasteiger charge is 2.32. The smallest absolute Gasteiger partial charge is 0.264 e. The van der Waals surface area contributed by atoms with E-state index in [0.29, 0.717) is 28.8 Å². The van der Waals surface area contributed by atoms with Crippen LogP contribution in [0.15, 0.2) is 34.8 Å². The van der Waals surface area contributed by atoms with Crippen LogP contribution in [0.3, 0.4) is 0 Å². The van der Waals surface area contributed by atoms with Crippen LogP contribution in [0.25, 0.3) is 4.91 Å². The van der Waals surface area contributed by atoms with E-state index in [4.69, 9.17) is 0 Å². The second-order valence-corrected chi connectivity index (χ2v) is 9.44. The zero-order chi connectivity index (χ0) is 19.4. The number of sulfonamides is 1. The number of amidine groups is 1. The average molecular weight is 390 g/mol. The van der Waals surface area contributed by atoms with Gasteiger partial charge in [-0.15, -0.1) is 0 Å². The molecule has 0 spiro atoms. The van der Waals surface area contributed by atoms with Gasteiger partial charge in [0.2, 0.25) is 0 Å². The number of hydrogen-bond acceptors (Lipinski definition) is 4. The van der Waals surface area contributed by atoms with E-state index in [2.05, 4.69) is 28.5 Å². The molecule has 27 heavy (non-hydrogen) atoms. The van der Waals surface area contributed by atoms with Gasteiger partial charge in [-0.05, 0) is 49.9 Å². The summed E-state index contributed by atoms with van der Waals surface area (Å²) in [5.74, 6) is 0.913. The van der Waals surface area contributed by atoms with Crippen LogP contribution in [0, 0.1) is 0 Å². The molecule has 0 bridgehead atoms. The van der Waals surface area contributed by atoms with E-state index in [-0.39, 0.29) is 0 Å². The SMILES string of the molecule is CC1=C(c2ccc(C(C)C)cc2)S(=O)(=O)NC1=NCCN1CCCCCC1. The molecule has 1 N–H and O–H groups in total. The van der Waals surface area contributed by atoms with E-state index in [1.807, 2.05) is 31.2 Å². The third-order valence-corrected chi connectivity index (χ3v) is 6.96. The summed E-state index contributed by atoms with van der Waals surface area (Å²) in [5.41, 5.74) is 2.64. The molecular formula is C21H31N3O2S. The fourth-order valence-corrected chi connectivity index (χ4v) is 5.29. The zero-order valence-corrected chi connectivity index (χ0v) is 17.5. The third-order valence-electron chi connectivity index (χ3n) is 5.42. The van der Waals surface area contributed by atoms with Crippen molar-refractivity contribution in [1.82, 2.24) is 9.62 Å². The molecule has 148 valence electrons. The first-order valence-corrected chi connectivity index (χ1v) is 11.5. The van der Waals surface area contributed by atoms with Crippen molar-refractivity contribution in [2.45, 2.75) is 52.4 Å². The molecule has 0 aliphatic carbocycles. The van der Waals surface area contributed by atoms with Gasteiger partial charge in [0.15, 0.2) is 0 Å². The quantitative estimate of drug-likeness (QED) is 0.834. The summed E-state index contributed by atoms with van der Waals surface area (Å²) in [6, 6.07) is 7.80. The van der Waals surface area contributed by atoms with Crippen molar-refractivity contribution in [3.05, 3.63) is 41.0 Å². The Morgan fingerprint density at radius 1 is 1.07 bits per heavy atom. The summed E-state index contributed by atoms with van der Waals surface area (Å²) in [6.07, 6.45) is 5.12. The molecule has 0 saturated carbocycles. The molecule has 2 aliphatic heterocycles. The molecule has 1 fully saturated rings. The lowest BCUT2D eigenvalue weighted by Crippen LogP contribution is -2.29. The highest BCUT2D eigenvalue weighted by atomic mass is 32.2. The van der Waals surface area contributed by atoms with Crippen molar-refractivity contribution in [3.8, 4) is 0 Å². The van der Waals surface area contributed by atoms with Gasteiger partial charge in [0.05, 0.1) is 6.54 Å². The lowest BCUT2D eigenvalue weighted by atomic mass is 10.0. The minimum atomic E-state index is -3.55. The fourth-order valence-electron chi connectivity index (χ4n) is 3.77. The maximum absolute atomic E-state index is 12.7. The van der Waals surface area contributed by atoms with Gasteiger partial charge in [-0.25, -0.2) is 8.42 Å². The van der Waals surface area contributed by atoms with Crippen LogP contribution in [-0.4, -0.2) is 45.3 Å². The molecule has 0 amide bonds. The summed E-state index contributed by atoms with van der Waals surface area (Å²) in [6.45, 7) is 9.85. The highest BCUT2D eigenvalue weighted by Crippen LogP contribution is 2.30. The van der Waals surface area contributed by atoms with Crippen LogP contribution in [0.5, 0.6) is 0 Å². The molecule has 0 atom stereocenters. The van der Waals surface area contributed by atoms with Crippen molar-refractivity contribution >= 4 is 20.8 Å². The maximum atomic E-state index is 12.7. The minimum Gasteiger partial charge on any atom is -0.301 e. The second-order valence-electron chi connectivity index (χ2n) is 7.82. The van der Waals surface area contributed by atoms with Gasteiger partial charge >= 0.3 is 0 Å². The number of nitrogens with zero attached hydrogens (tertiary/aromatic N) is 2. The van der Waals surface area contributed by atoms with Crippen molar-refractivity contribution in [3.63, 3.8) is 0 Å². The lowest BCUT2D eigenvalue weighted by Gasteiger charge is -2.18. The molecule has 0 radical (unpaired) electrons. The van der Waals surface area contributed by atoms with E-state index in [1.165, 1.54) is 31.2 Å². The average Bonchev–Trinajstić information content (AvgIpc) is 2.80. The summed E-state index contributed by atoms with van der Waals surface area (Å²) < 4.78 is 27.9. The van der Waals surface area contributed by atoms with Crippen molar-refractivity contribution in [2.75, 3.05) is 26.2 Å². The molecule has 3 rings (SSSR count). The van der Waals surface area contributed by atoms with Crippen molar-refractivity contribution < 1.29 is 8.42 Å². The Morgan fingerprint density at radius 2 is 1.70 bits per heavy atom. The van der Waals surface area contributed by atoms with E-state index in [1.54, 1.807) is 0 Å². The van der Waals surface area contributed by atoms with E-state index >= 15 is 0 Å². The Labute approximate surface area is 163 Å². The molecular weight excluding hydrogens is 358 g/mol. The standard InChI is InChI=1S/C21H31N3O2S/c1-16(2)18-8-10-19(11-9-18)20-17(3)21(23-27(20,25)26)22-12-15-24-13-6-4-5-7-14-24/h8-11,16H,4-7,12-15H2,1-3H3,(H,22,23). The number of nitrogens with one attached hydrogen (secondary N) is 1. The van der Waals surface area contributed by atoms with Crippen molar-refractivity contribution in [1.29, 1.82) is 0 Å². The molecule has 5 nitrogen and oxygen atoms in total. The lowest BCUT2D eigenvalue weighted by molar-refractivity contribution is 0.293. The molecule has 2 aliphatic rings. The first-order chi connectivity index (χ1) is 12.9. The van der Waals surface area contributed by atoms with Gasteiger partial charge in [0.1, 0.15) is 10.7 Å². The molecule has 1 aromatic carbocycles. The number of rotatable bonds is 5. The summed E-state index contributed by atoms with van der Waals surface area (Å²) in [4.78, 5) is 7.36. The predicted molar refractivity (Wildman–Crippen MR) is 112 cm³/mol. The van der Waals surface area contributed by atoms with E-state index < -0.39 is 10.0 Å². The predicted octanol–water partition coefficient (Wildman–Crippen LogP) is 3.75. The second kappa shape index (κ2) is 8.57. The van der Waals surface area contributed by atoms with Crippen molar-refractivity contribution in [2.24, 2.45) is 4.99 Å². The summed E-state index contributed by atoms with van der Waals surface area (Å²) in [5, 5.41) is 0. The zero-order valence-electron chi connectivity index (χ0n) is 16.7. The van der Waals surface area contributed by atoms with Gasteiger partial charge in [0, 0.05) is 12.1 Å². The van der Waals surface area contributed by atoms with Crippen LogP contribution < -0.4 is 4.72 Å². The summed E-state index contributed by atoms with van der Waals surface area (Å²) in [7, 11) is -3.55. The van der Waals surface area contributed by atoms with E-state index in [0.717, 1.165) is 25.2 Å². The maximum Gasteiger partial charge on any atom is 0.264 e. The topological polar surface area (TPSA) is 61.8 Å². The van der Waals surface area contributed by atoms with Crippen LogP contribution in [0.4, 0.5) is 0 Å². The number of likely N-dealkylation sites (tertiary alicyclic amines) is 1. The number of aliphatic imine (C=N–C) groups is 1. The Morgan fingerprint density at radius 3 is 2.30 bits per heavy atom. The van der Waals surface area contributed by atoms with Gasteiger partial charge in [-0.2, -0.15) is 0 Å². The van der Waals surface area contributed by atoms with Crippen LogP contribution in [0.1, 0.15) is 63.5 Å². The first kappa shape index (κ1) is 20.1. The normalized spacial score (nSPS) is 22.3. The van der Waals surface area contributed by atoms with Crippen LogP contribution >= 0.6 is 0 Å². The van der Waals surface area contributed by atoms with E-state index in [9.17, 15) is 8.42 Å². The number of benzene rings is 1. The molecule has 1 aromatic rings. The molecule has 1 saturated heterocycles. The first-order valence-electron chi connectivity index (χ1n) is 9.99. The Kier molecular flexibility index (Phi) is 6.37. The third kappa shape index (κ3) is 4.79. The highest BCUT2D eigenvalue weighted by molar-refractivity contribution is 8.00. The molecule has 6 heteroatoms. The fraction of sp³-hybridized carbons (Fsp3) is 0.571. The minimum absolute atomic E-state index is 0.353. The molecule has 0 aromatic heterocycles. The largest absolute Gasteiger partial charge is 0.301 e. The monoisotopic (exact) mass is 389 g/mol.